The van der Waals surface area contributed by atoms with Gasteiger partial charge in [-0.15, -0.1) is 11.3 Å². The maximum absolute atomic E-state index is 13.1. The summed E-state index contributed by atoms with van der Waals surface area (Å²) in [6.45, 7) is 2.95. The fourth-order valence-electron chi connectivity index (χ4n) is 3.02. The van der Waals surface area contributed by atoms with Crippen LogP contribution in [0.4, 0.5) is 13.2 Å². The van der Waals surface area contributed by atoms with Crippen LogP contribution in [-0.2, 0) is 11.0 Å². The van der Waals surface area contributed by atoms with Crippen LogP contribution in [0, 0.1) is 6.92 Å². The summed E-state index contributed by atoms with van der Waals surface area (Å²) in [5.41, 5.74) is -1.30. The molecule has 8 heteroatoms. The molecule has 148 valence electrons. The van der Waals surface area contributed by atoms with Gasteiger partial charge in [-0.1, -0.05) is 12.1 Å². The Balaban J connectivity index is 1.62. The van der Waals surface area contributed by atoms with E-state index in [1.807, 2.05) is 19.1 Å². The third-order valence-corrected chi connectivity index (χ3v) is 5.46. The minimum atomic E-state index is -4.59. The molecule has 2 amide bonds. The Morgan fingerprint density at radius 3 is 2.25 bits per heavy atom. The molecule has 1 aliphatic heterocycles. The minimum absolute atomic E-state index is 0.172. The number of rotatable bonds is 3. The van der Waals surface area contributed by atoms with Crippen LogP contribution >= 0.6 is 11.3 Å². The van der Waals surface area contributed by atoms with E-state index in [4.69, 9.17) is 0 Å². The van der Waals surface area contributed by atoms with Crippen molar-refractivity contribution in [1.82, 2.24) is 9.80 Å². The smallest absolute Gasteiger partial charge is 0.336 e. The highest BCUT2D eigenvalue weighted by molar-refractivity contribution is 7.12. The average Bonchev–Trinajstić information content (AvgIpc) is 3.10. The Labute approximate surface area is 164 Å². The lowest BCUT2D eigenvalue weighted by atomic mass is 10.1. The first kappa shape index (κ1) is 20.1. The van der Waals surface area contributed by atoms with Crippen molar-refractivity contribution in [2.75, 3.05) is 26.2 Å². The van der Waals surface area contributed by atoms with Gasteiger partial charge in [0.25, 0.3) is 5.91 Å². The van der Waals surface area contributed by atoms with E-state index in [-0.39, 0.29) is 37.6 Å². The summed E-state index contributed by atoms with van der Waals surface area (Å²) in [4.78, 5) is 30.0. The number of piperazine rings is 1. The van der Waals surface area contributed by atoms with Crippen molar-refractivity contribution in [3.05, 3.63) is 63.4 Å². The van der Waals surface area contributed by atoms with Gasteiger partial charge < -0.3 is 9.80 Å². The highest BCUT2D eigenvalue weighted by Gasteiger charge is 2.36. The fraction of sp³-hybridized carbons (Fsp3) is 0.300. The Morgan fingerprint density at radius 2 is 1.64 bits per heavy atom. The number of alkyl halides is 3. The molecular formula is C20H19F3N2O2S. The number of hydrogen-bond acceptors (Lipinski definition) is 3. The summed E-state index contributed by atoms with van der Waals surface area (Å²) in [5, 5.41) is 0. The van der Waals surface area contributed by atoms with Crippen LogP contribution in [0.25, 0.3) is 6.08 Å². The summed E-state index contributed by atoms with van der Waals surface area (Å²) >= 11 is 1.58. The van der Waals surface area contributed by atoms with Gasteiger partial charge in [-0.05, 0) is 37.3 Å². The molecule has 0 saturated carbocycles. The van der Waals surface area contributed by atoms with E-state index in [0.717, 1.165) is 15.8 Å². The second kappa shape index (κ2) is 8.18. The van der Waals surface area contributed by atoms with Gasteiger partial charge in [0.05, 0.1) is 11.1 Å². The van der Waals surface area contributed by atoms with E-state index in [0.29, 0.717) is 0 Å². The molecule has 3 rings (SSSR count). The van der Waals surface area contributed by atoms with Gasteiger partial charge >= 0.3 is 6.18 Å². The van der Waals surface area contributed by atoms with E-state index < -0.39 is 17.6 Å². The normalized spacial score (nSPS) is 15.3. The van der Waals surface area contributed by atoms with Crippen LogP contribution in [0.2, 0.25) is 0 Å². The van der Waals surface area contributed by atoms with Crippen molar-refractivity contribution >= 4 is 29.2 Å². The predicted molar refractivity (Wildman–Crippen MR) is 102 cm³/mol. The molecule has 0 radical (unpaired) electrons. The van der Waals surface area contributed by atoms with Gasteiger partial charge in [-0.25, -0.2) is 0 Å². The molecule has 4 nitrogen and oxygen atoms in total. The minimum Gasteiger partial charge on any atom is -0.336 e. The van der Waals surface area contributed by atoms with E-state index in [2.05, 4.69) is 0 Å². The highest BCUT2D eigenvalue weighted by Crippen LogP contribution is 2.32. The number of carbonyl (C=O) groups excluding carboxylic acids is 2. The fourth-order valence-corrected chi connectivity index (χ4v) is 3.80. The van der Waals surface area contributed by atoms with Gasteiger partial charge in [0.2, 0.25) is 5.91 Å². The topological polar surface area (TPSA) is 40.6 Å². The van der Waals surface area contributed by atoms with E-state index >= 15 is 0 Å². The van der Waals surface area contributed by atoms with Crippen LogP contribution in [0.3, 0.4) is 0 Å². The zero-order valence-corrected chi connectivity index (χ0v) is 16.0. The molecule has 0 atom stereocenters. The number of carbonyl (C=O) groups is 2. The van der Waals surface area contributed by atoms with Gasteiger partial charge in [0.1, 0.15) is 0 Å². The number of benzene rings is 1. The SMILES string of the molecule is Cc1ccc(/C=C/C(=O)N2CCN(C(=O)c3ccccc3C(F)(F)F)CC2)s1. The summed E-state index contributed by atoms with van der Waals surface area (Å²) in [5.74, 6) is -0.835. The lowest BCUT2D eigenvalue weighted by molar-refractivity contribution is -0.138. The van der Waals surface area contributed by atoms with Crippen LogP contribution in [0.1, 0.15) is 25.7 Å². The number of thiophene rings is 1. The Hall–Kier alpha value is -2.61. The first-order chi connectivity index (χ1) is 13.3. The van der Waals surface area contributed by atoms with Crippen molar-refractivity contribution in [3.63, 3.8) is 0 Å². The Kier molecular flexibility index (Phi) is 5.88. The van der Waals surface area contributed by atoms with E-state index in [9.17, 15) is 22.8 Å². The molecule has 2 heterocycles. The van der Waals surface area contributed by atoms with Crippen LogP contribution in [0.15, 0.2) is 42.5 Å². The lowest BCUT2D eigenvalue weighted by Crippen LogP contribution is -2.50. The summed E-state index contributed by atoms with van der Waals surface area (Å²) in [7, 11) is 0. The quantitative estimate of drug-likeness (QED) is 0.719. The molecule has 2 aromatic rings. The molecule has 1 aromatic heterocycles. The third-order valence-electron chi connectivity index (χ3n) is 4.49. The van der Waals surface area contributed by atoms with Crippen LogP contribution < -0.4 is 0 Å². The van der Waals surface area contributed by atoms with Crippen molar-refractivity contribution in [2.45, 2.75) is 13.1 Å². The summed E-state index contributed by atoms with van der Waals surface area (Å²) in [6, 6.07) is 8.67. The Morgan fingerprint density at radius 1 is 1.00 bits per heavy atom. The predicted octanol–water partition coefficient (Wildman–Crippen LogP) is 4.07. The molecule has 0 spiro atoms. The maximum atomic E-state index is 13.1. The molecule has 1 aliphatic rings. The van der Waals surface area contributed by atoms with Crippen molar-refractivity contribution in [3.8, 4) is 0 Å². The van der Waals surface area contributed by atoms with Gasteiger partial charge in [-0.2, -0.15) is 13.2 Å². The number of aryl methyl sites for hydroxylation is 1. The van der Waals surface area contributed by atoms with Crippen LogP contribution in [-0.4, -0.2) is 47.8 Å². The number of hydrogen-bond donors (Lipinski definition) is 0. The van der Waals surface area contributed by atoms with Gasteiger partial charge in [0, 0.05) is 42.0 Å². The highest BCUT2D eigenvalue weighted by atomic mass is 32.1. The first-order valence-electron chi connectivity index (χ1n) is 8.74. The molecule has 0 bridgehead atoms. The summed E-state index contributed by atoms with van der Waals surface area (Å²) < 4.78 is 39.4. The first-order valence-corrected chi connectivity index (χ1v) is 9.56. The largest absolute Gasteiger partial charge is 0.417 e. The maximum Gasteiger partial charge on any atom is 0.417 e. The number of halogens is 3. The van der Waals surface area contributed by atoms with Crippen LogP contribution in [0.5, 0.6) is 0 Å². The zero-order valence-electron chi connectivity index (χ0n) is 15.2. The molecule has 0 N–H and O–H groups in total. The average molecular weight is 408 g/mol. The molecule has 0 unspecified atom stereocenters. The number of nitrogens with zero attached hydrogens (tertiary/aromatic N) is 2. The monoisotopic (exact) mass is 408 g/mol. The van der Waals surface area contributed by atoms with Crippen molar-refractivity contribution < 1.29 is 22.8 Å². The standard InChI is InChI=1S/C20H19F3N2O2S/c1-14-6-7-15(28-14)8-9-18(26)24-10-12-25(13-11-24)19(27)16-4-2-3-5-17(16)20(21,22)23/h2-9H,10-13H2,1H3/b9-8+. The second-order valence-electron chi connectivity index (χ2n) is 6.44. The lowest BCUT2D eigenvalue weighted by Gasteiger charge is -2.34. The molecular weight excluding hydrogens is 389 g/mol. The second-order valence-corrected chi connectivity index (χ2v) is 7.76. The molecule has 0 aliphatic carbocycles. The van der Waals surface area contributed by atoms with Gasteiger partial charge in [0.15, 0.2) is 0 Å². The third kappa shape index (κ3) is 4.62. The molecule has 28 heavy (non-hydrogen) atoms. The zero-order chi connectivity index (χ0) is 20.3. The van der Waals surface area contributed by atoms with Gasteiger partial charge in [-0.3, -0.25) is 9.59 Å². The van der Waals surface area contributed by atoms with E-state index in [1.54, 1.807) is 22.3 Å². The molecule has 1 aromatic carbocycles. The summed E-state index contributed by atoms with van der Waals surface area (Å²) in [6.07, 6.45) is -1.35. The molecule has 1 saturated heterocycles. The Bertz CT molecular complexity index is 897. The van der Waals surface area contributed by atoms with Crippen molar-refractivity contribution in [1.29, 1.82) is 0 Å². The number of amides is 2. The van der Waals surface area contributed by atoms with E-state index in [1.165, 1.54) is 29.2 Å². The molecule has 1 fully saturated rings. The van der Waals surface area contributed by atoms with Crippen molar-refractivity contribution in [2.24, 2.45) is 0 Å².